The number of carbonyl (C=O) groups is 3. The molecule has 0 radical (unpaired) electrons. The molecule has 1 aromatic carbocycles. The van der Waals surface area contributed by atoms with E-state index in [0.29, 0.717) is 0 Å². The standard InChI is InChI=1S/C61H88Cl2O32/c1-21(2)53(70)87-49-45-32(92-61(93-45)52-51(78-20-79-52)60(72,27(8)64)28(9)91-61)19-77-56(49)89-57-48(76-14)39(68)44(31(83-57)18-73-11)88-55-40(69)47(43(74-12)24(5)82-55)85-34-17-58(10)50(26(7)81-34)94-59(95-58)16-30(66)42(25(6)90-59)84-33-15-29(65)41(23(4)80-33)86-54(71)35-22(3)36(62)38(67)37(63)46(35)75-13/h21,23-26,28-34,39-45,47-52,55-57,65-69,72H,15-20H2,1-14H3/t23-,24-,25+,26+,28+,29-,30+,31+,32-,33+,34-,39-,40-,41-,42-,43-,44-,45-,47+,48+,49+,50-,51-,52+,55-,56-,57-,58-,59-,60+,61+/m1/s1. The predicted octanol–water partition coefficient (Wildman–Crippen LogP) is 1.05. The number of hydrogen-bond donors (Lipinski definition) is 6. The Bertz CT molecular complexity index is 2890. The minimum Gasteiger partial charge on any atom is -0.505 e. The lowest BCUT2D eigenvalue weighted by Gasteiger charge is -2.49. The van der Waals surface area contributed by atoms with E-state index in [1.807, 2.05) is 0 Å². The van der Waals surface area contributed by atoms with Gasteiger partial charge in [0.05, 0.1) is 80.4 Å². The highest BCUT2D eigenvalue weighted by Crippen LogP contribution is 2.53. The minimum absolute atomic E-state index is 0.00299. The molecule has 10 aliphatic rings. The summed E-state index contributed by atoms with van der Waals surface area (Å²) in [7, 11) is 5.35. The Morgan fingerprint density at radius 1 is 0.653 bits per heavy atom. The van der Waals surface area contributed by atoms with E-state index in [2.05, 4.69) is 0 Å². The predicted molar refractivity (Wildman–Crippen MR) is 313 cm³/mol. The maximum absolute atomic E-state index is 13.6. The molecule has 6 N–H and O–H groups in total. The van der Waals surface area contributed by atoms with Gasteiger partial charge in [-0.05, 0) is 61.0 Å². The Labute approximate surface area is 557 Å². The first-order valence-corrected chi connectivity index (χ1v) is 32.5. The van der Waals surface area contributed by atoms with Crippen LogP contribution in [0.2, 0.25) is 10.0 Å². The summed E-state index contributed by atoms with van der Waals surface area (Å²) >= 11 is 12.5. The van der Waals surface area contributed by atoms with Gasteiger partial charge in [0.1, 0.15) is 96.2 Å². The number of halogens is 2. The number of methoxy groups -OCH3 is 4. The number of carbonyl (C=O) groups excluding carboxylic acids is 3. The third kappa shape index (κ3) is 13.4. The number of hydrogen-bond acceptors (Lipinski definition) is 32. The van der Waals surface area contributed by atoms with Crippen molar-refractivity contribution < 1.29 is 154 Å². The van der Waals surface area contributed by atoms with Crippen LogP contribution in [0.1, 0.15) is 97.5 Å². The van der Waals surface area contributed by atoms with Crippen LogP contribution in [0.4, 0.5) is 0 Å². The molecule has 0 bridgehead atoms. The van der Waals surface area contributed by atoms with Gasteiger partial charge in [-0.15, -0.1) is 0 Å². The monoisotopic (exact) mass is 1400 g/mol. The number of esters is 2. The number of ketones is 1. The SMILES string of the molecule is COC[C@@H]1O[C@H](O[C@H]2OC[C@H]3O[C@@]4(O[C@H]3[C@@H]2OC(=O)C(C)C)O[C@@H](C)[C@@](O)(C(C)=O)[C@@H]2OCO[C@@H]24)[C@@H](OC)[C@H](O)[C@@H]1O[C@H]1O[C@H](C)[C@@H](OC)[C@@H](O[C@@H]2C[C@@]3(C)O[C@@]4(C[C@H](O)[C@H](O[C@H]5C[C@@H](O)[C@H](OC(=O)c6c(C)c(Cl)c(O)c(Cl)c6OC)[C@@H](C)O5)[C@H](C)O4)O[C@@H]3[C@H](C)O2)[C@H]1O. The van der Waals surface area contributed by atoms with E-state index < -0.39 is 218 Å². The molecule has 10 heterocycles. The fourth-order valence-corrected chi connectivity index (χ4v) is 15.1. The molecule has 10 fully saturated rings. The van der Waals surface area contributed by atoms with Crippen LogP contribution in [-0.4, -0.2) is 286 Å². The fraction of sp³-hybridized carbons (Fsp3) is 0.852. The first kappa shape index (κ1) is 73.2. The Balaban J connectivity index is 0.722. The first-order chi connectivity index (χ1) is 44.9. The number of phenolic OH excluding ortho intramolecular Hbond substituents is 1. The summed E-state index contributed by atoms with van der Waals surface area (Å²) in [5.41, 5.74) is -3.34. The van der Waals surface area contributed by atoms with Crippen molar-refractivity contribution in [2.75, 3.05) is 48.4 Å². The van der Waals surface area contributed by atoms with Crippen LogP contribution in [0.25, 0.3) is 0 Å². The summed E-state index contributed by atoms with van der Waals surface area (Å²) in [4.78, 5) is 39.8. The maximum Gasteiger partial charge on any atom is 0.342 e. The quantitative estimate of drug-likeness (QED) is 0.112. The number of aliphatic hydroxyl groups excluding tert-OH is 4. The molecule has 538 valence electrons. The maximum atomic E-state index is 13.6. The fourth-order valence-electron chi connectivity index (χ4n) is 14.6. The minimum atomic E-state index is -2.13. The Kier molecular flexibility index (Phi) is 21.9. The van der Waals surface area contributed by atoms with Gasteiger partial charge >= 0.3 is 17.9 Å². The van der Waals surface area contributed by atoms with E-state index >= 15 is 0 Å². The summed E-state index contributed by atoms with van der Waals surface area (Å²) in [6.45, 7) is 15.0. The smallest absolute Gasteiger partial charge is 0.342 e. The van der Waals surface area contributed by atoms with Gasteiger partial charge in [0.2, 0.25) is 6.29 Å². The van der Waals surface area contributed by atoms with Gasteiger partial charge in [-0.3, -0.25) is 9.59 Å². The number of ether oxygens (including phenoxy) is 23. The van der Waals surface area contributed by atoms with E-state index in [9.17, 15) is 45.0 Å². The van der Waals surface area contributed by atoms with Crippen LogP contribution in [0.3, 0.4) is 0 Å². The zero-order valence-electron chi connectivity index (χ0n) is 55.0. The molecule has 31 atom stereocenters. The Morgan fingerprint density at radius 2 is 1.34 bits per heavy atom. The summed E-state index contributed by atoms with van der Waals surface area (Å²) in [5.74, 6) is -7.41. The molecule has 11 rings (SSSR count). The van der Waals surface area contributed by atoms with E-state index in [4.69, 9.17) is 132 Å². The van der Waals surface area contributed by atoms with Gasteiger partial charge in [0, 0.05) is 34.2 Å². The average molecular weight is 1400 g/mol. The summed E-state index contributed by atoms with van der Waals surface area (Å²) < 4.78 is 142. The molecule has 0 aromatic heterocycles. The van der Waals surface area contributed by atoms with Crippen molar-refractivity contribution in [3.05, 3.63) is 21.2 Å². The summed E-state index contributed by atoms with van der Waals surface area (Å²) in [5, 5.41) is 69.1. The Hall–Kier alpha value is -2.99. The van der Waals surface area contributed by atoms with Crippen LogP contribution >= 0.6 is 23.2 Å². The van der Waals surface area contributed by atoms with E-state index in [1.54, 1.807) is 48.5 Å². The van der Waals surface area contributed by atoms with Crippen LogP contribution in [0.15, 0.2) is 0 Å². The second-order valence-electron chi connectivity index (χ2n) is 26.2. The van der Waals surface area contributed by atoms with Crippen molar-refractivity contribution in [1.29, 1.82) is 0 Å². The molecule has 34 heteroatoms. The third-order valence-corrected chi connectivity index (χ3v) is 20.2. The van der Waals surface area contributed by atoms with E-state index in [1.165, 1.54) is 49.2 Å². The van der Waals surface area contributed by atoms with Crippen LogP contribution in [0, 0.1) is 12.8 Å². The van der Waals surface area contributed by atoms with E-state index in [-0.39, 0.29) is 66.2 Å². The highest BCUT2D eigenvalue weighted by atomic mass is 35.5. The van der Waals surface area contributed by atoms with Gasteiger partial charge in [-0.2, -0.15) is 0 Å². The second kappa shape index (κ2) is 28.4. The Morgan fingerprint density at radius 3 is 1.99 bits per heavy atom. The summed E-state index contributed by atoms with van der Waals surface area (Å²) in [6, 6.07) is 0. The molecule has 10 saturated heterocycles. The van der Waals surface area contributed by atoms with Gasteiger partial charge in [-0.25, -0.2) is 4.79 Å². The summed E-state index contributed by atoms with van der Waals surface area (Å²) in [6.07, 6.45) is -32.8. The van der Waals surface area contributed by atoms with Crippen LogP contribution in [-0.2, 0) is 114 Å². The van der Waals surface area contributed by atoms with Crippen molar-refractivity contribution in [1.82, 2.24) is 0 Å². The van der Waals surface area contributed by atoms with Crippen molar-refractivity contribution in [3.63, 3.8) is 0 Å². The number of phenols is 1. The molecule has 1 aromatic rings. The first-order valence-electron chi connectivity index (χ1n) is 31.7. The molecule has 10 aliphatic heterocycles. The zero-order valence-corrected chi connectivity index (χ0v) is 56.5. The van der Waals surface area contributed by atoms with Gasteiger partial charge in [0.15, 0.2) is 66.4 Å². The molecule has 0 saturated carbocycles. The molecule has 0 unspecified atom stereocenters. The highest BCUT2D eigenvalue weighted by molar-refractivity contribution is 6.39. The van der Waals surface area contributed by atoms with Gasteiger partial charge in [0.25, 0.3) is 5.97 Å². The van der Waals surface area contributed by atoms with Crippen molar-refractivity contribution in [2.45, 2.75) is 277 Å². The van der Waals surface area contributed by atoms with Gasteiger partial charge < -0.3 is 140 Å². The number of rotatable bonds is 18. The second-order valence-corrected chi connectivity index (χ2v) is 27.0. The van der Waals surface area contributed by atoms with Crippen molar-refractivity contribution in [2.24, 2.45) is 5.92 Å². The molecule has 0 aliphatic carbocycles. The number of benzene rings is 1. The molecule has 2 spiro atoms. The van der Waals surface area contributed by atoms with Gasteiger partial charge in [-0.1, -0.05) is 37.0 Å². The van der Waals surface area contributed by atoms with E-state index in [0.717, 1.165) is 0 Å². The molecule has 95 heavy (non-hydrogen) atoms. The number of fused-ring (bicyclic) bond motifs is 4. The molecular formula is C61H88Cl2O32. The lowest BCUT2D eigenvalue weighted by atomic mass is 9.81. The van der Waals surface area contributed by atoms with Crippen molar-refractivity contribution >= 4 is 40.9 Å². The average Bonchev–Trinajstić information content (AvgIpc) is 1.59. The normalized spacial score (nSPS) is 47.3. The van der Waals surface area contributed by atoms with Crippen LogP contribution in [0.5, 0.6) is 11.5 Å². The lowest BCUT2D eigenvalue weighted by Crippen LogP contribution is -2.72. The topological polar surface area (TPSA) is 385 Å². The van der Waals surface area contributed by atoms with Crippen LogP contribution < -0.4 is 4.74 Å². The zero-order chi connectivity index (χ0) is 68.9. The molecule has 32 nitrogen and oxygen atoms in total. The highest BCUT2D eigenvalue weighted by Gasteiger charge is 2.73. The van der Waals surface area contributed by atoms with Crippen molar-refractivity contribution in [3.8, 4) is 11.5 Å². The largest absolute Gasteiger partial charge is 0.505 e. The number of aliphatic hydroxyl groups is 5. The third-order valence-electron chi connectivity index (χ3n) is 19.4. The molecular weight excluding hydrogens is 1320 g/mol. The number of aromatic hydroxyl groups is 1. The lowest BCUT2D eigenvalue weighted by molar-refractivity contribution is -0.428. The molecule has 0 amide bonds. The number of Topliss-reactive ketones (excluding diaryl/α,β-unsaturated/α-hetero) is 1.